The Morgan fingerprint density at radius 2 is 2.17 bits per heavy atom. The standard InChI is InChI=1S/C16H26N4O2S/c1-4-19-10-7-17-15(16(19)22)20-8-5-13(6-9-20)18-14(21)11-12(2)23-3/h7,10,12-13H,4-6,8-9,11H2,1-3H3,(H,18,21)/t12-/m0/s1. The molecule has 128 valence electrons. The molecule has 1 aromatic heterocycles. The van der Waals surface area contributed by atoms with E-state index in [0.29, 0.717) is 24.0 Å². The van der Waals surface area contributed by atoms with Gasteiger partial charge in [-0.1, -0.05) is 6.92 Å². The molecule has 2 heterocycles. The fourth-order valence-corrected chi connectivity index (χ4v) is 3.09. The van der Waals surface area contributed by atoms with E-state index in [4.69, 9.17) is 0 Å². The Kier molecular flexibility index (Phi) is 6.50. The Hall–Kier alpha value is -1.50. The van der Waals surface area contributed by atoms with Crippen LogP contribution >= 0.6 is 11.8 Å². The number of thioether (sulfide) groups is 1. The summed E-state index contributed by atoms with van der Waals surface area (Å²) in [5.74, 6) is 0.645. The van der Waals surface area contributed by atoms with Crippen molar-refractivity contribution in [2.75, 3.05) is 24.2 Å². The van der Waals surface area contributed by atoms with E-state index in [-0.39, 0.29) is 17.5 Å². The van der Waals surface area contributed by atoms with Crippen molar-refractivity contribution in [3.8, 4) is 0 Å². The fraction of sp³-hybridized carbons (Fsp3) is 0.688. The van der Waals surface area contributed by atoms with Gasteiger partial charge in [0.15, 0.2) is 5.82 Å². The number of hydrogen-bond acceptors (Lipinski definition) is 5. The zero-order valence-electron chi connectivity index (χ0n) is 14.1. The summed E-state index contributed by atoms with van der Waals surface area (Å²) in [6.07, 6.45) is 7.67. The van der Waals surface area contributed by atoms with E-state index in [1.165, 1.54) is 0 Å². The number of nitrogens with one attached hydrogen (secondary N) is 1. The van der Waals surface area contributed by atoms with Crippen LogP contribution in [-0.4, -0.2) is 46.1 Å². The summed E-state index contributed by atoms with van der Waals surface area (Å²) in [5, 5.41) is 3.45. The van der Waals surface area contributed by atoms with E-state index in [9.17, 15) is 9.59 Å². The third-order valence-corrected chi connectivity index (χ3v) is 5.24. The second-order valence-corrected chi connectivity index (χ2v) is 7.20. The third kappa shape index (κ3) is 4.73. The van der Waals surface area contributed by atoms with E-state index in [1.54, 1.807) is 28.7 Å². The quantitative estimate of drug-likeness (QED) is 0.851. The van der Waals surface area contributed by atoms with Crippen LogP contribution in [-0.2, 0) is 11.3 Å². The Bertz CT molecular complexity index is 582. The molecule has 1 amide bonds. The maximum Gasteiger partial charge on any atom is 0.293 e. The van der Waals surface area contributed by atoms with E-state index in [1.807, 2.05) is 18.1 Å². The summed E-state index contributed by atoms with van der Waals surface area (Å²) < 4.78 is 1.67. The number of hydrogen-bond donors (Lipinski definition) is 1. The summed E-state index contributed by atoms with van der Waals surface area (Å²) in [6.45, 7) is 6.15. The molecule has 23 heavy (non-hydrogen) atoms. The molecule has 0 spiro atoms. The lowest BCUT2D eigenvalue weighted by Crippen LogP contribution is -2.46. The maximum absolute atomic E-state index is 12.3. The monoisotopic (exact) mass is 338 g/mol. The topological polar surface area (TPSA) is 67.2 Å². The molecule has 0 unspecified atom stereocenters. The molecular formula is C16H26N4O2S. The number of amides is 1. The van der Waals surface area contributed by atoms with Gasteiger partial charge in [0.25, 0.3) is 5.56 Å². The van der Waals surface area contributed by atoms with Crippen LogP contribution in [0.25, 0.3) is 0 Å². The van der Waals surface area contributed by atoms with Gasteiger partial charge in [0.1, 0.15) is 0 Å². The molecule has 2 rings (SSSR count). The molecule has 0 saturated carbocycles. The normalized spacial score (nSPS) is 17.1. The first-order chi connectivity index (χ1) is 11.0. The Balaban J connectivity index is 1.89. The number of piperidine rings is 1. The Morgan fingerprint density at radius 1 is 1.48 bits per heavy atom. The molecule has 0 aromatic carbocycles. The lowest BCUT2D eigenvalue weighted by Gasteiger charge is -2.33. The molecule has 1 N–H and O–H groups in total. The summed E-state index contributed by atoms with van der Waals surface area (Å²) in [4.78, 5) is 30.5. The maximum atomic E-state index is 12.3. The molecule has 1 aromatic rings. The van der Waals surface area contributed by atoms with E-state index < -0.39 is 0 Å². The van der Waals surface area contributed by atoms with E-state index in [0.717, 1.165) is 25.9 Å². The molecule has 6 nitrogen and oxygen atoms in total. The molecule has 0 radical (unpaired) electrons. The molecule has 1 atom stereocenters. The molecule has 1 aliphatic rings. The largest absolute Gasteiger partial charge is 0.353 e. The number of nitrogens with zero attached hydrogens (tertiary/aromatic N) is 3. The van der Waals surface area contributed by atoms with Crippen LogP contribution < -0.4 is 15.8 Å². The predicted octanol–water partition coefficient (Wildman–Crippen LogP) is 1.49. The minimum atomic E-state index is -0.0359. The van der Waals surface area contributed by atoms with Crippen LogP contribution in [0, 0.1) is 0 Å². The second kappa shape index (κ2) is 8.38. The second-order valence-electron chi connectivity index (χ2n) is 5.92. The van der Waals surface area contributed by atoms with Gasteiger partial charge in [0.2, 0.25) is 5.91 Å². The van der Waals surface area contributed by atoms with Gasteiger partial charge in [-0.25, -0.2) is 4.98 Å². The van der Waals surface area contributed by atoms with Crippen LogP contribution in [0.5, 0.6) is 0 Å². The summed E-state index contributed by atoms with van der Waals surface area (Å²) >= 11 is 1.70. The number of anilines is 1. The number of aromatic nitrogens is 2. The van der Waals surface area contributed by atoms with Gasteiger partial charge in [0, 0.05) is 49.7 Å². The van der Waals surface area contributed by atoms with Gasteiger partial charge in [0.05, 0.1) is 0 Å². The summed E-state index contributed by atoms with van der Waals surface area (Å²) in [6, 6.07) is 0.199. The molecular weight excluding hydrogens is 312 g/mol. The first-order valence-corrected chi connectivity index (χ1v) is 9.46. The van der Waals surface area contributed by atoms with Crippen LogP contribution in [0.3, 0.4) is 0 Å². The molecule has 1 fully saturated rings. The van der Waals surface area contributed by atoms with Crippen LogP contribution in [0.4, 0.5) is 5.82 Å². The first-order valence-electron chi connectivity index (χ1n) is 8.17. The minimum absolute atomic E-state index is 0.0359. The van der Waals surface area contributed by atoms with Crippen LogP contribution in [0.2, 0.25) is 0 Å². The Labute approximate surface area is 141 Å². The van der Waals surface area contributed by atoms with Crippen molar-refractivity contribution in [3.05, 3.63) is 22.7 Å². The average molecular weight is 338 g/mol. The van der Waals surface area contributed by atoms with E-state index >= 15 is 0 Å². The highest BCUT2D eigenvalue weighted by atomic mass is 32.2. The lowest BCUT2D eigenvalue weighted by molar-refractivity contribution is -0.121. The van der Waals surface area contributed by atoms with Crippen LogP contribution in [0.1, 0.15) is 33.1 Å². The molecule has 0 aliphatic carbocycles. The summed E-state index contributed by atoms with van der Waals surface area (Å²) in [7, 11) is 0. The zero-order valence-corrected chi connectivity index (χ0v) is 14.9. The molecule has 0 bridgehead atoms. The van der Waals surface area contributed by atoms with Crippen molar-refractivity contribution < 1.29 is 4.79 Å². The van der Waals surface area contributed by atoms with Gasteiger partial charge in [-0.2, -0.15) is 11.8 Å². The van der Waals surface area contributed by atoms with Crippen molar-refractivity contribution >= 4 is 23.5 Å². The Morgan fingerprint density at radius 3 is 2.78 bits per heavy atom. The van der Waals surface area contributed by atoms with Crippen molar-refractivity contribution in [2.24, 2.45) is 0 Å². The highest BCUT2D eigenvalue weighted by Gasteiger charge is 2.23. The average Bonchev–Trinajstić information content (AvgIpc) is 2.55. The predicted molar refractivity (Wildman–Crippen MR) is 95.1 cm³/mol. The molecule has 7 heteroatoms. The van der Waals surface area contributed by atoms with Crippen molar-refractivity contribution in [1.82, 2.24) is 14.9 Å². The number of aryl methyl sites for hydroxylation is 1. The van der Waals surface area contributed by atoms with Crippen molar-refractivity contribution in [3.63, 3.8) is 0 Å². The SMILES string of the molecule is CCn1ccnc(N2CCC(NC(=O)C[C@H](C)SC)CC2)c1=O. The zero-order chi connectivity index (χ0) is 16.8. The third-order valence-electron chi connectivity index (χ3n) is 4.27. The van der Waals surface area contributed by atoms with Crippen molar-refractivity contribution in [2.45, 2.75) is 50.9 Å². The highest BCUT2D eigenvalue weighted by Crippen LogP contribution is 2.16. The lowest BCUT2D eigenvalue weighted by atomic mass is 10.0. The molecule has 1 saturated heterocycles. The van der Waals surface area contributed by atoms with Gasteiger partial charge < -0.3 is 14.8 Å². The fourth-order valence-electron chi connectivity index (χ4n) is 2.77. The highest BCUT2D eigenvalue weighted by molar-refractivity contribution is 7.99. The van der Waals surface area contributed by atoms with Gasteiger partial charge in [-0.15, -0.1) is 0 Å². The number of carbonyl (C=O) groups is 1. The van der Waals surface area contributed by atoms with E-state index in [2.05, 4.69) is 17.2 Å². The van der Waals surface area contributed by atoms with Crippen LogP contribution in [0.15, 0.2) is 17.2 Å². The minimum Gasteiger partial charge on any atom is -0.353 e. The first kappa shape index (κ1) is 17.8. The summed E-state index contributed by atoms with van der Waals surface area (Å²) in [5.41, 5.74) is -0.0359. The molecule has 1 aliphatic heterocycles. The van der Waals surface area contributed by atoms with Gasteiger partial charge in [-0.3, -0.25) is 9.59 Å². The number of rotatable bonds is 6. The van der Waals surface area contributed by atoms with Crippen molar-refractivity contribution in [1.29, 1.82) is 0 Å². The smallest absolute Gasteiger partial charge is 0.293 e. The van der Waals surface area contributed by atoms with Gasteiger partial charge >= 0.3 is 0 Å². The van der Waals surface area contributed by atoms with Gasteiger partial charge in [-0.05, 0) is 26.0 Å². The number of carbonyl (C=O) groups excluding carboxylic acids is 1.